The number of ether oxygens (including phenoxy) is 1. The van der Waals surface area contributed by atoms with Gasteiger partial charge in [0.15, 0.2) is 0 Å². The van der Waals surface area contributed by atoms with Gasteiger partial charge in [0.05, 0.1) is 13.2 Å². The van der Waals surface area contributed by atoms with Crippen LogP contribution in [0.4, 0.5) is 5.69 Å². The topological polar surface area (TPSA) is 84.5 Å². The summed E-state index contributed by atoms with van der Waals surface area (Å²) in [6.07, 6.45) is 0. The molecule has 2 N–H and O–H groups in total. The Hall–Kier alpha value is -2.38. The van der Waals surface area contributed by atoms with Crippen molar-refractivity contribution in [2.75, 3.05) is 12.4 Å². The average molecular weight is 376 g/mol. The second-order valence-electron chi connectivity index (χ2n) is 6.29. The van der Waals surface area contributed by atoms with Gasteiger partial charge in [-0.3, -0.25) is 4.79 Å². The molecule has 1 amide bonds. The van der Waals surface area contributed by atoms with Crippen LogP contribution in [-0.2, 0) is 14.8 Å². The van der Waals surface area contributed by atoms with Crippen molar-refractivity contribution < 1.29 is 17.9 Å². The highest BCUT2D eigenvalue weighted by Gasteiger charge is 2.25. The molecule has 0 aromatic heterocycles. The zero-order valence-corrected chi connectivity index (χ0v) is 16.4. The first-order valence-electron chi connectivity index (χ1n) is 8.19. The van der Waals surface area contributed by atoms with Gasteiger partial charge >= 0.3 is 0 Å². The molecule has 0 unspecified atom stereocenters. The van der Waals surface area contributed by atoms with Crippen molar-refractivity contribution in [1.82, 2.24) is 4.72 Å². The maximum atomic E-state index is 12.7. The molecule has 140 valence electrons. The van der Waals surface area contributed by atoms with Gasteiger partial charge in [-0.1, -0.05) is 12.1 Å². The predicted octanol–water partition coefficient (Wildman–Crippen LogP) is 2.93. The summed E-state index contributed by atoms with van der Waals surface area (Å²) in [5, 5.41) is 2.73. The quantitative estimate of drug-likeness (QED) is 0.812. The number of nitrogens with one attached hydrogen (secondary N) is 2. The number of amides is 1. The summed E-state index contributed by atoms with van der Waals surface area (Å²) in [7, 11) is -2.51. The minimum Gasteiger partial charge on any atom is -0.495 e. The lowest BCUT2D eigenvalue weighted by atomic mass is 10.1. The van der Waals surface area contributed by atoms with Crippen LogP contribution in [0, 0.1) is 20.8 Å². The van der Waals surface area contributed by atoms with Gasteiger partial charge in [0.25, 0.3) is 0 Å². The molecule has 26 heavy (non-hydrogen) atoms. The Kier molecular flexibility index (Phi) is 6.05. The lowest BCUT2D eigenvalue weighted by Crippen LogP contribution is -2.41. The molecular weight excluding hydrogens is 352 g/mol. The van der Waals surface area contributed by atoms with Gasteiger partial charge < -0.3 is 10.1 Å². The second-order valence-corrected chi connectivity index (χ2v) is 7.97. The van der Waals surface area contributed by atoms with Crippen LogP contribution in [0.25, 0.3) is 0 Å². The fraction of sp³-hybridized carbons (Fsp3) is 0.316. The monoisotopic (exact) mass is 376 g/mol. The minimum atomic E-state index is -3.91. The minimum absolute atomic E-state index is 0.00540. The van der Waals surface area contributed by atoms with E-state index >= 15 is 0 Å². The largest absolute Gasteiger partial charge is 0.495 e. The van der Waals surface area contributed by atoms with Gasteiger partial charge in [0.1, 0.15) is 10.6 Å². The van der Waals surface area contributed by atoms with Gasteiger partial charge in [0.2, 0.25) is 15.9 Å². The van der Waals surface area contributed by atoms with Crippen molar-refractivity contribution in [3.05, 3.63) is 53.1 Å². The highest BCUT2D eigenvalue weighted by molar-refractivity contribution is 7.89. The highest BCUT2D eigenvalue weighted by Crippen LogP contribution is 2.24. The van der Waals surface area contributed by atoms with Crippen LogP contribution in [0.1, 0.15) is 23.6 Å². The molecular formula is C19H24N2O4S. The van der Waals surface area contributed by atoms with Crippen molar-refractivity contribution in [3.8, 4) is 5.75 Å². The average Bonchev–Trinajstić information content (AvgIpc) is 2.57. The number of sulfonamides is 1. The summed E-state index contributed by atoms with van der Waals surface area (Å²) in [4.78, 5) is 12.4. The predicted molar refractivity (Wildman–Crippen MR) is 102 cm³/mol. The number of hydrogen-bond acceptors (Lipinski definition) is 4. The van der Waals surface area contributed by atoms with Crippen molar-refractivity contribution in [3.63, 3.8) is 0 Å². The Morgan fingerprint density at radius 1 is 1.04 bits per heavy atom. The fourth-order valence-corrected chi connectivity index (χ4v) is 3.87. The van der Waals surface area contributed by atoms with Crippen LogP contribution in [-0.4, -0.2) is 27.5 Å². The van der Waals surface area contributed by atoms with E-state index < -0.39 is 22.0 Å². The molecule has 7 heteroatoms. The lowest BCUT2D eigenvalue weighted by Gasteiger charge is -2.16. The standard InChI is InChI=1S/C19H24N2O4S/c1-12-6-9-17(25-5)18(10-12)26(23,24)21-15(4)19(22)20-16-8-7-13(2)14(3)11-16/h6-11,15,21H,1-5H3,(H,20,22)/t15-/m1/s1. The summed E-state index contributed by atoms with van der Waals surface area (Å²) in [5.74, 6) is -0.215. The third-order valence-electron chi connectivity index (χ3n) is 4.11. The van der Waals surface area contributed by atoms with E-state index in [1.165, 1.54) is 20.1 Å². The van der Waals surface area contributed by atoms with Gasteiger partial charge in [0, 0.05) is 5.69 Å². The maximum Gasteiger partial charge on any atom is 0.244 e. The Labute approximate surface area is 154 Å². The fourth-order valence-electron chi connectivity index (χ4n) is 2.41. The Morgan fingerprint density at radius 3 is 2.35 bits per heavy atom. The van der Waals surface area contributed by atoms with Gasteiger partial charge in [-0.05, 0) is 68.7 Å². The second kappa shape index (κ2) is 7.88. The van der Waals surface area contributed by atoms with Crippen molar-refractivity contribution in [2.24, 2.45) is 0 Å². The van der Waals surface area contributed by atoms with Crippen LogP contribution >= 0.6 is 0 Å². The van der Waals surface area contributed by atoms with E-state index in [0.29, 0.717) is 5.69 Å². The van der Waals surface area contributed by atoms with Crippen LogP contribution in [0.5, 0.6) is 5.75 Å². The molecule has 0 radical (unpaired) electrons. The smallest absolute Gasteiger partial charge is 0.244 e. The van der Waals surface area contributed by atoms with Gasteiger partial charge in [-0.2, -0.15) is 4.72 Å². The van der Waals surface area contributed by atoms with Crippen LogP contribution in [0.15, 0.2) is 41.3 Å². The van der Waals surface area contributed by atoms with Crippen LogP contribution < -0.4 is 14.8 Å². The normalized spacial score (nSPS) is 12.5. The third-order valence-corrected chi connectivity index (χ3v) is 5.67. The Morgan fingerprint density at radius 2 is 1.73 bits per heavy atom. The van der Waals surface area contributed by atoms with E-state index in [1.54, 1.807) is 25.1 Å². The summed E-state index contributed by atoms with van der Waals surface area (Å²) in [6.45, 7) is 7.21. The summed E-state index contributed by atoms with van der Waals surface area (Å²) < 4.78 is 32.8. The zero-order valence-electron chi connectivity index (χ0n) is 15.6. The number of rotatable bonds is 6. The number of carbonyl (C=O) groups excluding carboxylic acids is 1. The first-order valence-corrected chi connectivity index (χ1v) is 9.67. The van der Waals surface area contributed by atoms with E-state index in [0.717, 1.165) is 16.7 Å². The molecule has 6 nitrogen and oxygen atoms in total. The molecule has 2 aromatic rings. The molecule has 2 aromatic carbocycles. The third kappa shape index (κ3) is 4.62. The highest BCUT2D eigenvalue weighted by atomic mass is 32.2. The summed E-state index contributed by atoms with van der Waals surface area (Å²) >= 11 is 0. The number of methoxy groups -OCH3 is 1. The van der Waals surface area contributed by atoms with Gasteiger partial charge in [-0.15, -0.1) is 0 Å². The Bertz CT molecular complexity index is 923. The Balaban J connectivity index is 2.17. The summed E-state index contributed by atoms with van der Waals surface area (Å²) in [6, 6.07) is 9.43. The van der Waals surface area contributed by atoms with E-state index in [4.69, 9.17) is 4.74 Å². The maximum absolute atomic E-state index is 12.7. The molecule has 0 aliphatic heterocycles. The molecule has 0 heterocycles. The number of benzene rings is 2. The molecule has 0 saturated carbocycles. The SMILES string of the molecule is COc1ccc(C)cc1S(=O)(=O)N[C@H](C)C(=O)Nc1ccc(C)c(C)c1. The van der Waals surface area contributed by atoms with E-state index in [2.05, 4.69) is 10.0 Å². The number of carbonyl (C=O) groups is 1. The number of hydrogen-bond donors (Lipinski definition) is 2. The molecule has 2 rings (SSSR count). The lowest BCUT2D eigenvalue weighted by molar-refractivity contribution is -0.117. The zero-order chi connectivity index (χ0) is 19.5. The van der Waals surface area contributed by atoms with E-state index in [-0.39, 0.29) is 10.6 Å². The van der Waals surface area contributed by atoms with Crippen molar-refractivity contribution in [1.29, 1.82) is 0 Å². The van der Waals surface area contributed by atoms with Crippen LogP contribution in [0.2, 0.25) is 0 Å². The van der Waals surface area contributed by atoms with Crippen LogP contribution in [0.3, 0.4) is 0 Å². The van der Waals surface area contributed by atoms with Crippen molar-refractivity contribution in [2.45, 2.75) is 38.6 Å². The first-order chi connectivity index (χ1) is 12.1. The molecule has 0 spiro atoms. The molecule has 0 fully saturated rings. The molecule has 0 bridgehead atoms. The molecule has 0 aliphatic rings. The van der Waals surface area contributed by atoms with Gasteiger partial charge in [-0.25, -0.2) is 8.42 Å². The molecule has 0 aliphatic carbocycles. The molecule has 1 atom stereocenters. The van der Waals surface area contributed by atoms with E-state index in [1.807, 2.05) is 26.0 Å². The molecule has 0 saturated heterocycles. The van der Waals surface area contributed by atoms with Crippen molar-refractivity contribution >= 4 is 21.6 Å². The van der Waals surface area contributed by atoms with E-state index in [9.17, 15) is 13.2 Å². The summed E-state index contributed by atoms with van der Waals surface area (Å²) in [5.41, 5.74) is 3.56. The number of aryl methyl sites for hydroxylation is 3. The number of anilines is 1. The first kappa shape index (κ1) is 19.9.